The van der Waals surface area contributed by atoms with Gasteiger partial charge >= 0.3 is 0 Å². The summed E-state index contributed by atoms with van der Waals surface area (Å²) in [5.74, 6) is 1.61. The van der Waals surface area contributed by atoms with E-state index in [1.165, 1.54) is 18.4 Å². The zero-order valence-corrected chi connectivity index (χ0v) is 7.03. The van der Waals surface area contributed by atoms with Gasteiger partial charge in [0.15, 0.2) is 0 Å². The molecule has 3 heteroatoms. The zero-order valence-electron chi connectivity index (χ0n) is 7.03. The lowest BCUT2D eigenvalue weighted by molar-refractivity contribution is 0.854. The Morgan fingerprint density at radius 3 is 2.50 bits per heavy atom. The van der Waals surface area contributed by atoms with Gasteiger partial charge in [-0.2, -0.15) is 0 Å². The third kappa shape index (κ3) is 1.61. The summed E-state index contributed by atoms with van der Waals surface area (Å²) >= 11 is 0. The van der Waals surface area contributed by atoms with Crippen molar-refractivity contribution in [1.29, 1.82) is 0 Å². The molecule has 3 nitrogen and oxygen atoms in total. The minimum Gasteiger partial charge on any atom is -0.330 e. The second-order valence-corrected chi connectivity index (χ2v) is 3.25. The van der Waals surface area contributed by atoms with Crippen LogP contribution in [0.25, 0.3) is 0 Å². The highest BCUT2D eigenvalue weighted by atomic mass is 14.9. The van der Waals surface area contributed by atoms with Crippen molar-refractivity contribution in [1.82, 2.24) is 9.97 Å². The molecule has 0 bridgehead atoms. The van der Waals surface area contributed by atoms with Crippen molar-refractivity contribution in [2.75, 3.05) is 6.54 Å². The molecule has 0 atom stereocenters. The molecular weight excluding hydrogens is 150 g/mol. The summed E-state index contributed by atoms with van der Waals surface area (Å²) in [6.45, 7) is 0.628. The van der Waals surface area contributed by atoms with E-state index in [1.54, 1.807) is 0 Å². The average Bonchev–Trinajstić information content (AvgIpc) is 2.89. The van der Waals surface area contributed by atoms with Gasteiger partial charge in [-0.05, 0) is 30.9 Å². The maximum absolute atomic E-state index is 5.39. The third-order valence-corrected chi connectivity index (χ3v) is 2.14. The highest BCUT2D eigenvalue weighted by molar-refractivity contribution is 5.16. The standard InChI is InChI=1S/C9H13N3/c10-4-3-9-11-5-8(6-12-9)7-1-2-7/h5-7H,1-4,10H2. The highest BCUT2D eigenvalue weighted by Crippen LogP contribution is 2.39. The fourth-order valence-corrected chi connectivity index (χ4v) is 1.25. The molecule has 1 saturated carbocycles. The maximum atomic E-state index is 5.39. The molecule has 0 aromatic carbocycles. The van der Waals surface area contributed by atoms with Crippen LogP contribution in [0.4, 0.5) is 0 Å². The Morgan fingerprint density at radius 1 is 1.33 bits per heavy atom. The fourth-order valence-electron chi connectivity index (χ4n) is 1.25. The average molecular weight is 163 g/mol. The maximum Gasteiger partial charge on any atom is 0.129 e. The molecule has 12 heavy (non-hydrogen) atoms. The minimum atomic E-state index is 0.628. The Balaban J connectivity index is 2.08. The molecule has 1 aliphatic rings. The monoisotopic (exact) mass is 163 g/mol. The summed E-state index contributed by atoms with van der Waals surface area (Å²) in [4.78, 5) is 8.48. The predicted octanol–water partition coefficient (Wildman–Crippen LogP) is 0.855. The first-order chi connectivity index (χ1) is 5.90. The van der Waals surface area contributed by atoms with E-state index in [1.807, 2.05) is 12.4 Å². The number of nitrogens with zero attached hydrogens (tertiary/aromatic N) is 2. The van der Waals surface area contributed by atoms with Gasteiger partial charge in [0, 0.05) is 18.8 Å². The van der Waals surface area contributed by atoms with Crippen LogP contribution in [0.2, 0.25) is 0 Å². The van der Waals surface area contributed by atoms with Crippen LogP contribution < -0.4 is 5.73 Å². The van der Waals surface area contributed by atoms with Gasteiger partial charge in [0.1, 0.15) is 5.82 Å². The molecule has 1 heterocycles. The Morgan fingerprint density at radius 2 is 2.00 bits per heavy atom. The molecule has 0 aliphatic heterocycles. The molecule has 1 aliphatic carbocycles. The third-order valence-electron chi connectivity index (χ3n) is 2.14. The number of hydrogen-bond donors (Lipinski definition) is 1. The molecule has 1 fully saturated rings. The molecule has 0 radical (unpaired) electrons. The van der Waals surface area contributed by atoms with E-state index in [9.17, 15) is 0 Å². The van der Waals surface area contributed by atoms with Gasteiger partial charge in [-0.15, -0.1) is 0 Å². The lowest BCUT2D eigenvalue weighted by Gasteiger charge is -1.98. The van der Waals surface area contributed by atoms with Crippen molar-refractivity contribution in [2.45, 2.75) is 25.2 Å². The molecule has 64 valence electrons. The van der Waals surface area contributed by atoms with Crippen molar-refractivity contribution in [3.8, 4) is 0 Å². The van der Waals surface area contributed by atoms with Crippen molar-refractivity contribution < 1.29 is 0 Å². The summed E-state index contributed by atoms with van der Waals surface area (Å²) in [6.07, 6.45) is 7.27. The summed E-state index contributed by atoms with van der Waals surface area (Å²) in [5.41, 5.74) is 6.68. The lowest BCUT2D eigenvalue weighted by Crippen LogP contribution is -2.06. The molecule has 1 aromatic heterocycles. The van der Waals surface area contributed by atoms with Crippen molar-refractivity contribution >= 4 is 0 Å². The van der Waals surface area contributed by atoms with Crippen molar-refractivity contribution in [2.24, 2.45) is 5.73 Å². The predicted molar refractivity (Wildman–Crippen MR) is 46.8 cm³/mol. The van der Waals surface area contributed by atoms with E-state index in [0.717, 1.165) is 18.2 Å². The summed E-state index contributed by atoms with van der Waals surface area (Å²) in [6, 6.07) is 0. The van der Waals surface area contributed by atoms with E-state index in [0.29, 0.717) is 6.54 Å². The van der Waals surface area contributed by atoms with E-state index in [-0.39, 0.29) is 0 Å². The van der Waals surface area contributed by atoms with Crippen LogP contribution in [-0.2, 0) is 6.42 Å². The molecule has 1 aromatic rings. The largest absolute Gasteiger partial charge is 0.330 e. The molecule has 0 spiro atoms. The van der Waals surface area contributed by atoms with E-state index in [2.05, 4.69) is 9.97 Å². The molecule has 2 N–H and O–H groups in total. The number of rotatable bonds is 3. The fraction of sp³-hybridized carbons (Fsp3) is 0.556. The van der Waals surface area contributed by atoms with Crippen LogP contribution in [-0.4, -0.2) is 16.5 Å². The molecular formula is C9H13N3. The molecule has 0 amide bonds. The second kappa shape index (κ2) is 3.19. The van der Waals surface area contributed by atoms with Gasteiger partial charge in [-0.3, -0.25) is 0 Å². The summed E-state index contributed by atoms with van der Waals surface area (Å²) in [5, 5.41) is 0. The van der Waals surface area contributed by atoms with Crippen LogP contribution in [0, 0.1) is 0 Å². The summed E-state index contributed by atoms with van der Waals surface area (Å²) < 4.78 is 0. The van der Waals surface area contributed by atoms with Crippen molar-refractivity contribution in [3.63, 3.8) is 0 Å². The van der Waals surface area contributed by atoms with Crippen LogP contribution in [0.15, 0.2) is 12.4 Å². The lowest BCUT2D eigenvalue weighted by atomic mass is 10.2. The highest BCUT2D eigenvalue weighted by Gasteiger charge is 2.23. The topological polar surface area (TPSA) is 51.8 Å². The normalized spacial score (nSPS) is 16.4. The van der Waals surface area contributed by atoms with Gasteiger partial charge in [0.25, 0.3) is 0 Å². The summed E-state index contributed by atoms with van der Waals surface area (Å²) in [7, 11) is 0. The first-order valence-corrected chi connectivity index (χ1v) is 4.41. The van der Waals surface area contributed by atoms with E-state index in [4.69, 9.17) is 5.73 Å². The van der Waals surface area contributed by atoms with Gasteiger partial charge in [0.05, 0.1) is 0 Å². The van der Waals surface area contributed by atoms with E-state index >= 15 is 0 Å². The van der Waals surface area contributed by atoms with Crippen molar-refractivity contribution in [3.05, 3.63) is 23.8 Å². The second-order valence-electron chi connectivity index (χ2n) is 3.25. The molecule has 0 saturated heterocycles. The first kappa shape index (κ1) is 7.68. The first-order valence-electron chi connectivity index (χ1n) is 4.41. The molecule has 2 rings (SSSR count). The van der Waals surface area contributed by atoms with Crippen LogP contribution in [0.1, 0.15) is 30.1 Å². The Hall–Kier alpha value is -0.960. The number of aromatic nitrogens is 2. The van der Waals surface area contributed by atoms with Gasteiger partial charge < -0.3 is 5.73 Å². The minimum absolute atomic E-state index is 0.628. The van der Waals surface area contributed by atoms with Gasteiger partial charge in [0.2, 0.25) is 0 Å². The zero-order chi connectivity index (χ0) is 8.39. The molecule has 0 unspecified atom stereocenters. The van der Waals surface area contributed by atoms with E-state index < -0.39 is 0 Å². The van der Waals surface area contributed by atoms with Crippen LogP contribution >= 0.6 is 0 Å². The van der Waals surface area contributed by atoms with Gasteiger partial charge in [-0.25, -0.2) is 9.97 Å². The quantitative estimate of drug-likeness (QED) is 0.718. The Bertz CT molecular complexity index is 251. The Kier molecular flexibility index (Phi) is 2.04. The SMILES string of the molecule is NCCc1ncc(C2CC2)cn1. The smallest absolute Gasteiger partial charge is 0.129 e. The van der Waals surface area contributed by atoms with Crippen LogP contribution in [0.3, 0.4) is 0 Å². The number of nitrogens with two attached hydrogens (primary N) is 1. The van der Waals surface area contributed by atoms with Gasteiger partial charge in [-0.1, -0.05) is 0 Å². The van der Waals surface area contributed by atoms with Crippen LogP contribution in [0.5, 0.6) is 0 Å². The number of hydrogen-bond acceptors (Lipinski definition) is 3. The Labute approximate surface area is 72.0 Å².